The number of rotatable bonds is 9. The second kappa shape index (κ2) is 9.80. The lowest BCUT2D eigenvalue weighted by Crippen LogP contribution is -2.11. The summed E-state index contributed by atoms with van der Waals surface area (Å²) in [5.74, 6) is 2.61. The fourth-order valence-electron chi connectivity index (χ4n) is 3.40. The maximum Gasteiger partial charge on any atom is 0.119 e. The lowest BCUT2D eigenvalue weighted by Gasteiger charge is -2.21. The maximum atomic E-state index is 6.01. The summed E-state index contributed by atoms with van der Waals surface area (Å²) < 4.78 is 6.01. The second-order valence-corrected chi connectivity index (χ2v) is 7.03. The molecule has 2 unspecified atom stereocenters. The molecule has 0 spiro atoms. The molecule has 2 rings (SSSR count). The smallest absolute Gasteiger partial charge is 0.119 e. The van der Waals surface area contributed by atoms with Crippen LogP contribution in [-0.2, 0) is 0 Å². The van der Waals surface area contributed by atoms with Gasteiger partial charge in [0.2, 0.25) is 0 Å². The van der Waals surface area contributed by atoms with Crippen molar-refractivity contribution >= 4 is 5.57 Å². The highest BCUT2D eigenvalue weighted by Gasteiger charge is 2.14. The summed E-state index contributed by atoms with van der Waals surface area (Å²) in [6, 6.07) is 8.77. The van der Waals surface area contributed by atoms with Crippen molar-refractivity contribution < 1.29 is 4.74 Å². The number of hydrogen-bond acceptors (Lipinski definition) is 1. The second-order valence-electron chi connectivity index (χ2n) is 7.03. The molecule has 0 saturated carbocycles. The number of ether oxygens (including phenoxy) is 1. The normalized spacial score (nSPS) is 19.3. The SMILES string of the molecule is CCCCC(CC)COc1ccc(C2=CCC(CC)CC2)cc1. The Labute approximate surface area is 143 Å². The van der Waals surface area contributed by atoms with Gasteiger partial charge in [0.05, 0.1) is 6.61 Å². The molecule has 1 aromatic carbocycles. The molecular weight excluding hydrogens is 280 g/mol. The van der Waals surface area contributed by atoms with Gasteiger partial charge >= 0.3 is 0 Å². The molecule has 23 heavy (non-hydrogen) atoms. The zero-order chi connectivity index (χ0) is 16.5. The Bertz CT molecular complexity index is 471. The fourth-order valence-corrected chi connectivity index (χ4v) is 3.40. The van der Waals surface area contributed by atoms with E-state index in [0.29, 0.717) is 5.92 Å². The Morgan fingerprint density at radius 2 is 1.91 bits per heavy atom. The van der Waals surface area contributed by atoms with Gasteiger partial charge in [0.1, 0.15) is 5.75 Å². The highest BCUT2D eigenvalue weighted by atomic mass is 16.5. The molecule has 0 radical (unpaired) electrons. The monoisotopic (exact) mass is 314 g/mol. The molecule has 0 aliphatic heterocycles. The van der Waals surface area contributed by atoms with E-state index in [1.54, 1.807) is 0 Å². The lowest BCUT2D eigenvalue weighted by atomic mass is 9.85. The van der Waals surface area contributed by atoms with Gasteiger partial charge in [0, 0.05) is 0 Å². The highest BCUT2D eigenvalue weighted by Crippen LogP contribution is 2.32. The van der Waals surface area contributed by atoms with E-state index in [1.165, 1.54) is 62.5 Å². The summed E-state index contributed by atoms with van der Waals surface area (Å²) in [5, 5.41) is 0. The molecule has 1 aliphatic carbocycles. The Morgan fingerprint density at radius 3 is 2.48 bits per heavy atom. The fraction of sp³-hybridized carbons (Fsp3) is 0.636. The first-order valence-corrected chi connectivity index (χ1v) is 9.69. The third-order valence-corrected chi connectivity index (χ3v) is 5.35. The third kappa shape index (κ3) is 5.71. The Balaban J connectivity index is 1.86. The molecule has 1 aliphatic rings. The van der Waals surface area contributed by atoms with Crippen LogP contribution in [0.5, 0.6) is 5.75 Å². The van der Waals surface area contributed by atoms with Crippen molar-refractivity contribution in [1.82, 2.24) is 0 Å². The van der Waals surface area contributed by atoms with Crippen molar-refractivity contribution in [3.63, 3.8) is 0 Å². The Hall–Kier alpha value is -1.24. The minimum atomic E-state index is 0.696. The summed E-state index contributed by atoms with van der Waals surface area (Å²) >= 11 is 0. The first kappa shape index (κ1) is 18.1. The zero-order valence-corrected chi connectivity index (χ0v) is 15.3. The summed E-state index contributed by atoms with van der Waals surface area (Å²) in [6.07, 6.45) is 12.7. The van der Waals surface area contributed by atoms with Crippen LogP contribution in [0.1, 0.15) is 77.7 Å². The average Bonchev–Trinajstić information content (AvgIpc) is 2.62. The van der Waals surface area contributed by atoms with Crippen LogP contribution < -0.4 is 4.74 Å². The van der Waals surface area contributed by atoms with Crippen LogP contribution in [0.15, 0.2) is 30.3 Å². The maximum absolute atomic E-state index is 6.01. The van der Waals surface area contributed by atoms with Crippen molar-refractivity contribution in [3.05, 3.63) is 35.9 Å². The van der Waals surface area contributed by atoms with Crippen molar-refractivity contribution in [1.29, 1.82) is 0 Å². The van der Waals surface area contributed by atoms with Crippen LogP contribution in [0.2, 0.25) is 0 Å². The zero-order valence-electron chi connectivity index (χ0n) is 15.3. The van der Waals surface area contributed by atoms with Gasteiger partial charge in [-0.1, -0.05) is 64.7 Å². The van der Waals surface area contributed by atoms with E-state index in [9.17, 15) is 0 Å². The summed E-state index contributed by atoms with van der Waals surface area (Å²) in [7, 11) is 0. The predicted octanol–water partition coefficient (Wildman–Crippen LogP) is 6.88. The van der Waals surface area contributed by atoms with Crippen LogP contribution in [0.4, 0.5) is 0 Å². The minimum absolute atomic E-state index is 0.696. The molecule has 1 heteroatoms. The molecule has 0 N–H and O–H groups in total. The van der Waals surface area contributed by atoms with E-state index in [2.05, 4.69) is 51.1 Å². The van der Waals surface area contributed by atoms with Crippen LogP contribution >= 0.6 is 0 Å². The van der Waals surface area contributed by atoms with Gasteiger partial charge in [-0.05, 0) is 60.8 Å². The molecule has 0 aromatic heterocycles. The minimum Gasteiger partial charge on any atom is -0.493 e. The Kier molecular flexibility index (Phi) is 7.71. The highest BCUT2D eigenvalue weighted by molar-refractivity contribution is 5.66. The quantitative estimate of drug-likeness (QED) is 0.483. The van der Waals surface area contributed by atoms with E-state index in [4.69, 9.17) is 4.74 Å². The molecule has 0 heterocycles. The predicted molar refractivity (Wildman–Crippen MR) is 101 cm³/mol. The summed E-state index contributed by atoms with van der Waals surface area (Å²) in [5.41, 5.74) is 2.90. The van der Waals surface area contributed by atoms with Crippen LogP contribution in [0.3, 0.4) is 0 Å². The molecule has 0 bridgehead atoms. The molecule has 2 atom stereocenters. The first-order chi connectivity index (χ1) is 11.3. The van der Waals surface area contributed by atoms with Gasteiger partial charge in [-0.25, -0.2) is 0 Å². The number of allylic oxidation sites excluding steroid dienone is 2. The molecule has 1 nitrogen and oxygen atoms in total. The number of benzene rings is 1. The van der Waals surface area contributed by atoms with E-state index in [0.717, 1.165) is 18.3 Å². The largest absolute Gasteiger partial charge is 0.493 e. The molecule has 0 fully saturated rings. The van der Waals surface area contributed by atoms with Gasteiger partial charge in [-0.2, -0.15) is 0 Å². The lowest BCUT2D eigenvalue weighted by molar-refractivity contribution is 0.233. The third-order valence-electron chi connectivity index (χ3n) is 5.35. The molecule has 0 amide bonds. The number of hydrogen-bond donors (Lipinski definition) is 0. The van der Waals surface area contributed by atoms with Crippen molar-refractivity contribution in [2.24, 2.45) is 11.8 Å². The van der Waals surface area contributed by atoms with Gasteiger partial charge in [-0.15, -0.1) is 0 Å². The summed E-state index contributed by atoms with van der Waals surface area (Å²) in [4.78, 5) is 0. The van der Waals surface area contributed by atoms with Crippen molar-refractivity contribution in [2.45, 2.75) is 72.1 Å². The first-order valence-electron chi connectivity index (χ1n) is 9.69. The van der Waals surface area contributed by atoms with Crippen LogP contribution in [-0.4, -0.2) is 6.61 Å². The van der Waals surface area contributed by atoms with Gasteiger partial charge in [0.25, 0.3) is 0 Å². The molecule has 128 valence electrons. The molecule has 1 aromatic rings. The van der Waals surface area contributed by atoms with Gasteiger partial charge < -0.3 is 4.74 Å². The summed E-state index contributed by atoms with van der Waals surface area (Å²) in [6.45, 7) is 7.69. The van der Waals surface area contributed by atoms with Crippen molar-refractivity contribution in [2.75, 3.05) is 6.61 Å². The number of unbranched alkanes of at least 4 members (excludes halogenated alkanes) is 1. The van der Waals surface area contributed by atoms with Gasteiger partial charge in [0.15, 0.2) is 0 Å². The van der Waals surface area contributed by atoms with Gasteiger partial charge in [-0.3, -0.25) is 0 Å². The molecular formula is C22H34O. The average molecular weight is 315 g/mol. The van der Waals surface area contributed by atoms with E-state index >= 15 is 0 Å². The Morgan fingerprint density at radius 1 is 1.13 bits per heavy atom. The molecule has 0 saturated heterocycles. The topological polar surface area (TPSA) is 9.23 Å². The van der Waals surface area contributed by atoms with E-state index in [1.807, 2.05) is 0 Å². The van der Waals surface area contributed by atoms with E-state index < -0.39 is 0 Å². The van der Waals surface area contributed by atoms with Crippen LogP contribution in [0.25, 0.3) is 5.57 Å². The standard InChI is InChI=1S/C22H34O/c1-4-7-8-19(6-3)17-23-22-15-13-21(14-16-22)20-11-9-18(5-2)10-12-20/h11,13-16,18-19H,4-10,12,17H2,1-3H3. The van der Waals surface area contributed by atoms with Crippen LogP contribution in [0, 0.1) is 11.8 Å². The van der Waals surface area contributed by atoms with E-state index in [-0.39, 0.29) is 0 Å². The van der Waals surface area contributed by atoms with Crippen molar-refractivity contribution in [3.8, 4) is 5.75 Å².